The molecule has 30 heavy (non-hydrogen) atoms. The van der Waals surface area contributed by atoms with Gasteiger partial charge in [0.25, 0.3) is 0 Å². The number of hydrogen-bond donors (Lipinski definition) is 1. The van der Waals surface area contributed by atoms with Crippen molar-refractivity contribution in [3.63, 3.8) is 0 Å². The lowest BCUT2D eigenvalue weighted by Gasteiger charge is -2.13. The van der Waals surface area contributed by atoms with Gasteiger partial charge in [0.05, 0.1) is 6.61 Å². The van der Waals surface area contributed by atoms with Gasteiger partial charge in [-0.25, -0.2) is 0 Å². The van der Waals surface area contributed by atoms with E-state index in [4.69, 9.17) is 20.8 Å². The zero-order valence-electron chi connectivity index (χ0n) is 17.6. The summed E-state index contributed by atoms with van der Waals surface area (Å²) in [7, 11) is 0. The van der Waals surface area contributed by atoms with Crippen LogP contribution in [0.1, 0.15) is 49.1 Å². The van der Waals surface area contributed by atoms with Crippen molar-refractivity contribution in [1.29, 1.82) is 0 Å². The molecule has 0 fully saturated rings. The fourth-order valence-corrected chi connectivity index (χ4v) is 4.23. The highest BCUT2D eigenvalue weighted by Gasteiger charge is 2.20. The number of benzene rings is 2. The van der Waals surface area contributed by atoms with E-state index in [1.807, 2.05) is 45.0 Å². The maximum atomic E-state index is 12.7. The first-order valence-corrected chi connectivity index (χ1v) is 10.8. The number of carbonyl (C=O) groups is 1. The molecule has 0 unspecified atom stereocenters. The van der Waals surface area contributed by atoms with Gasteiger partial charge in [-0.05, 0) is 69.4 Å². The smallest absolute Gasteiger partial charge is 0.248 e. The number of hydrogen-bond acceptors (Lipinski definition) is 3. The van der Waals surface area contributed by atoms with Gasteiger partial charge in [0, 0.05) is 45.8 Å². The van der Waals surface area contributed by atoms with Crippen molar-refractivity contribution in [3.8, 4) is 5.75 Å². The topological polar surface area (TPSA) is 51.5 Å². The lowest BCUT2D eigenvalue weighted by atomic mass is 9.94. The Kier molecular flexibility index (Phi) is 5.87. The molecule has 3 aromatic rings. The average molecular weight is 424 g/mol. The Balaban J connectivity index is 1.70. The van der Waals surface area contributed by atoms with Gasteiger partial charge in [-0.2, -0.15) is 0 Å². The van der Waals surface area contributed by atoms with Crippen molar-refractivity contribution >= 4 is 39.7 Å². The van der Waals surface area contributed by atoms with Crippen molar-refractivity contribution in [2.75, 3.05) is 11.9 Å². The summed E-state index contributed by atoms with van der Waals surface area (Å²) < 4.78 is 12.0. The lowest BCUT2D eigenvalue weighted by Crippen LogP contribution is -2.10. The fraction of sp³-hybridized carbons (Fsp3) is 0.320. The lowest BCUT2D eigenvalue weighted by molar-refractivity contribution is -0.111. The standard InChI is InChI=1S/C25H26ClNO3/c1-4-29-23-14-24-19(17-8-5-6-11-22(17)30-24)13-18(23)15(2)12-25(28)27-21-10-7-9-20(26)16(21)3/h7,9-10,12-14H,4-6,8,11H2,1-3H3,(H,27,28)/b15-12+. The summed E-state index contributed by atoms with van der Waals surface area (Å²) in [5.41, 5.74) is 5.47. The second-order valence-electron chi connectivity index (χ2n) is 7.72. The fourth-order valence-electron chi connectivity index (χ4n) is 4.06. The summed E-state index contributed by atoms with van der Waals surface area (Å²) in [5.74, 6) is 1.62. The summed E-state index contributed by atoms with van der Waals surface area (Å²) in [5, 5.41) is 4.68. The molecule has 1 aliphatic carbocycles. The molecule has 0 radical (unpaired) electrons. The first kappa shape index (κ1) is 20.5. The van der Waals surface area contributed by atoms with Crippen LogP contribution < -0.4 is 10.1 Å². The van der Waals surface area contributed by atoms with Gasteiger partial charge in [0.2, 0.25) is 5.91 Å². The van der Waals surface area contributed by atoms with E-state index in [0.717, 1.165) is 52.0 Å². The molecule has 0 bridgehead atoms. The normalized spacial score (nSPS) is 13.9. The number of anilines is 1. The van der Waals surface area contributed by atoms with Crippen LogP contribution in [-0.4, -0.2) is 12.5 Å². The molecule has 1 amide bonds. The summed E-state index contributed by atoms with van der Waals surface area (Å²) >= 11 is 6.17. The monoisotopic (exact) mass is 423 g/mol. The summed E-state index contributed by atoms with van der Waals surface area (Å²) in [4.78, 5) is 12.7. The molecule has 4 nitrogen and oxygen atoms in total. The molecule has 5 heteroatoms. The van der Waals surface area contributed by atoms with E-state index in [9.17, 15) is 4.79 Å². The molecule has 0 aliphatic heterocycles. The quantitative estimate of drug-likeness (QED) is 0.463. The van der Waals surface area contributed by atoms with Crippen molar-refractivity contribution in [2.45, 2.75) is 46.5 Å². The minimum absolute atomic E-state index is 0.199. The van der Waals surface area contributed by atoms with Gasteiger partial charge < -0.3 is 14.5 Å². The van der Waals surface area contributed by atoms with E-state index in [1.165, 1.54) is 18.4 Å². The number of rotatable bonds is 5. The minimum atomic E-state index is -0.199. The number of halogens is 1. The SMILES string of the molecule is CCOc1cc2oc3c(c2cc1/C(C)=C/C(=O)Nc1cccc(Cl)c1C)CCCC3. The van der Waals surface area contributed by atoms with Gasteiger partial charge in [-0.3, -0.25) is 4.79 Å². The number of fused-ring (bicyclic) bond motifs is 3. The number of aryl methyl sites for hydroxylation is 2. The largest absolute Gasteiger partial charge is 0.493 e. The first-order chi connectivity index (χ1) is 14.5. The number of amides is 1. The molecule has 4 rings (SSSR count). The Morgan fingerprint density at radius 3 is 2.87 bits per heavy atom. The Morgan fingerprint density at radius 2 is 2.07 bits per heavy atom. The highest BCUT2D eigenvalue weighted by Crippen LogP contribution is 2.38. The minimum Gasteiger partial charge on any atom is -0.493 e. The van der Waals surface area contributed by atoms with E-state index in [0.29, 0.717) is 17.3 Å². The molecular formula is C25H26ClNO3. The highest BCUT2D eigenvalue weighted by atomic mass is 35.5. The molecule has 0 saturated carbocycles. The van der Waals surface area contributed by atoms with E-state index in [2.05, 4.69) is 11.4 Å². The number of furan rings is 1. The van der Waals surface area contributed by atoms with Crippen LogP contribution in [0.2, 0.25) is 5.02 Å². The third-order valence-electron chi connectivity index (χ3n) is 5.66. The molecule has 1 aliphatic rings. The second-order valence-corrected chi connectivity index (χ2v) is 8.12. The van der Waals surface area contributed by atoms with Crippen molar-refractivity contribution in [3.05, 3.63) is 63.9 Å². The molecule has 0 atom stereocenters. The van der Waals surface area contributed by atoms with Crippen LogP contribution in [0.3, 0.4) is 0 Å². The predicted molar refractivity (Wildman–Crippen MR) is 122 cm³/mol. The maximum Gasteiger partial charge on any atom is 0.248 e. The van der Waals surface area contributed by atoms with Crippen LogP contribution in [0.5, 0.6) is 5.75 Å². The molecule has 1 aromatic heterocycles. The Bertz CT molecular complexity index is 1140. The van der Waals surface area contributed by atoms with Crippen molar-refractivity contribution < 1.29 is 13.9 Å². The summed E-state index contributed by atoms with van der Waals surface area (Å²) in [6.07, 6.45) is 5.98. The Labute approximate surface area is 181 Å². The highest BCUT2D eigenvalue weighted by molar-refractivity contribution is 6.31. The van der Waals surface area contributed by atoms with Crippen LogP contribution in [-0.2, 0) is 17.6 Å². The van der Waals surface area contributed by atoms with E-state index < -0.39 is 0 Å². The van der Waals surface area contributed by atoms with Crippen molar-refractivity contribution in [2.24, 2.45) is 0 Å². The second kappa shape index (κ2) is 8.57. The van der Waals surface area contributed by atoms with E-state index in [1.54, 1.807) is 6.08 Å². The van der Waals surface area contributed by atoms with Crippen LogP contribution >= 0.6 is 11.6 Å². The molecule has 0 spiro atoms. The summed E-state index contributed by atoms with van der Waals surface area (Å²) in [6, 6.07) is 9.55. The molecular weight excluding hydrogens is 398 g/mol. The van der Waals surface area contributed by atoms with Crippen molar-refractivity contribution in [1.82, 2.24) is 0 Å². The third-order valence-corrected chi connectivity index (χ3v) is 6.06. The van der Waals surface area contributed by atoms with Gasteiger partial charge >= 0.3 is 0 Å². The molecule has 156 valence electrons. The zero-order valence-corrected chi connectivity index (χ0v) is 18.4. The Morgan fingerprint density at radius 1 is 1.27 bits per heavy atom. The van der Waals surface area contributed by atoms with Gasteiger partial charge in [-0.15, -0.1) is 0 Å². The van der Waals surface area contributed by atoms with E-state index >= 15 is 0 Å². The Hall–Kier alpha value is -2.72. The number of allylic oxidation sites excluding steroid dienone is 1. The number of nitrogens with one attached hydrogen (secondary N) is 1. The summed E-state index contributed by atoms with van der Waals surface area (Å²) in [6.45, 7) is 6.31. The third kappa shape index (κ3) is 3.97. The van der Waals surface area contributed by atoms with Gasteiger partial charge in [0.15, 0.2) is 0 Å². The van der Waals surface area contributed by atoms with E-state index in [-0.39, 0.29) is 5.91 Å². The van der Waals surface area contributed by atoms with Crippen LogP contribution in [0.4, 0.5) is 5.69 Å². The van der Waals surface area contributed by atoms with Crippen LogP contribution in [0.15, 0.2) is 40.8 Å². The van der Waals surface area contributed by atoms with Gasteiger partial charge in [-0.1, -0.05) is 17.7 Å². The number of ether oxygens (including phenoxy) is 1. The van der Waals surface area contributed by atoms with Crippen LogP contribution in [0.25, 0.3) is 16.5 Å². The van der Waals surface area contributed by atoms with Crippen LogP contribution in [0, 0.1) is 6.92 Å². The number of carbonyl (C=O) groups excluding carboxylic acids is 1. The molecule has 2 aromatic carbocycles. The van der Waals surface area contributed by atoms with Gasteiger partial charge in [0.1, 0.15) is 17.1 Å². The average Bonchev–Trinajstić information content (AvgIpc) is 3.08. The predicted octanol–water partition coefficient (Wildman–Crippen LogP) is 6.71. The zero-order chi connectivity index (χ0) is 21.3. The molecule has 1 heterocycles. The molecule has 1 N–H and O–H groups in total. The first-order valence-electron chi connectivity index (χ1n) is 10.4. The maximum absolute atomic E-state index is 12.7. The molecule has 0 saturated heterocycles.